The second-order valence-electron chi connectivity index (χ2n) is 6.06. The summed E-state index contributed by atoms with van der Waals surface area (Å²) in [4.78, 5) is 30.8. The number of nitrogens with zero attached hydrogens (tertiary/aromatic N) is 2. The average Bonchev–Trinajstić information content (AvgIpc) is 2.67. The molecule has 26 heavy (non-hydrogen) atoms. The molecule has 136 valence electrons. The maximum atomic E-state index is 13.0. The van der Waals surface area contributed by atoms with Gasteiger partial charge in [-0.15, -0.1) is 0 Å². The molecule has 1 aromatic carbocycles. The van der Waals surface area contributed by atoms with Crippen LogP contribution in [0.1, 0.15) is 44.9 Å². The fourth-order valence-corrected chi connectivity index (χ4v) is 3.15. The zero-order valence-corrected chi connectivity index (χ0v) is 14.9. The Hall–Kier alpha value is -3.09. The van der Waals surface area contributed by atoms with Crippen LogP contribution in [0, 0.1) is 0 Å². The normalized spacial score (nSPS) is 14.6. The van der Waals surface area contributed by atoms with Gasteiger partial charge in [0.05, 0.1) is 31.5 Å². The van der Waals surface area contributed by atoms with Gasteiger partial charge in [0.15, 0.2) is 0 Å². The summed E-state index contributed by atoms with van der Waals surface area (Å²) < 4.78 is 9.91. The first-order valence-corrected chi connectivity index (χ1v) is 8.21. The monoisotopic (exact) mass is 356 g/mol. The summed E-state index contributed by atoms with van der Waals surface area (Å²) in [6.45, 7) is 2.33. The number of amides is 1. The molecule has 1 aliphatic rings. The van der Waals surface area contributed by atoms with Gasteiger partial charge in [-0.2, -0.15) is 0 Å². The van der Waals surface area contributed by atoms with Gasteiger partial charge < -0.3 is 19.5 Å². The van der Waals surface area contributed by atoms with Gasteiger partial charge in [0, 0.05) is 29.9 Å². The number of fused-ring (bicyclic) bond motifs is 1. The minimum absolute atomic E-state index is 0.0666. The minimum Gasteiger partial charge on any atom is -0.508 e. The number of carbonyl (C=O) groups is 2. The molecule has 7 heteroatoms. The van der Waals surface area contributed by atoms with E-state index in [1.807, 2.05) is 6.92 Å². The lowest BCUT2D eigenvalue weighted by Gasteiger charge is -2.33. The number of rotatable bonds is 4. The number of methoxy groups -OCH3 is 2. The van der Waals surface area contributed by atoms with Crippen LogP contribution in [-0.4, -0.2) is 47.6 Å². The van der Waals surface area contributed by atoms with E-state index in [0.29, 0.717) is 35.5 Å². The molecular formula is C19H20N2O5. The van der Waals surface area contributed by atoms with Gasteiger partial charge in [-0.3, -0.25) is 9.78 Å². The van der Waals surface area contributed by atoms with Crippen LogP contribution in [0.15, 0.2) is 30.5 Å². The molecule has 0 radical (unpaired) electrons. The quantitative estimate of drug-likeness (QED) is 0.846. The van der Waals surface area contributed by atoms with Crippen molar-refractivity contribution in [1.29, 1.82) is 0 Å². The molecule has 1 aromatic heterocycles. The standard InChI is InChI=1S/C19H20N2O5/c1-11(16-10-13(25-2)4-6-20-16)21-7-5-14-15(18(21)23)8-12(9-17(14)22)19(24)26-3/h4,6,8-11,22H,5,7H2,1-3H3/t11-/m0/s1. The van der Waals surface area contributed by atoms with E-state index >= 15 is 0 Å². The molecule has 0 fully saturated rings. The molecule has 1 atom stereocenters. The Balaban J connectivity index is 1.96. The summed E-state index contributed by atoms with van der Waals surface area (Å²) in [5.41, 5.74) is 1.71. The third-order valence-electron chi connectivity index (χ3n) is 4.63. The number of phenolic OH excluding ortho intramolecular Hbond substituents is 1. The Morgan fingerprint density at radius 1 is 1.31 bits per heavy atom. The lowest BCUT2D eigenvalue weighted by Crippen LogP contribution is -2.39. The van der Waals surface area contributed by atoms with Crippen molar-refractivity contribution in [2.45, 2.75) is 19.4 Å². The molecule has 0 unspecified atom stereocenters. The summed E-state index contributed by atoms with van der Waals surface area (Å²) in [6.07, 6.45) is 2.12. The molecule has 0 spiro atoms. The summed E-state index contributed by atoms with van der Waals surface area (Å²) >= 11 is 0. The molecule has 3 rings (SSSR count). The third-order valence-corrected chi connectivity index (χ3v) is 4.63. The molecular weight excluding hydrogens is 336 g/mol. The number of aromatic nitrogens is 1. The highest BCUT2D eigenvalue weighted by molar-refractivity contribution is 6.01. The number of benzene rings is 1. The molecule has 1 N–H and O–H groups in total. The van der Waals surface area contributed by atoms with Crippen molar-refractivity contribution in [3.63, 3.8) is 0 Å². The van der Waals surface area contributed by atoms with E-state index in [0.717, 1.165) is 0 Å². The first kappa shape index (κ1) is 17.7. The Morgan fingerprint density at radius 3 is 2.77 bits per heavy atom. The maximum Gasteiger partial charge on any atom is 0.338 e. The highest BCUT2D eigenvalue weighted by Gasteiger charge is 2.32. The predicted molar refractivity (Wildman–Crippen MR) is 93.4 cm³/mol. The number of hydrogen-bond acceptors (Lipinski definition) is 6. The number of carbonyl (C=O) groups excluding carboxylic acids is 2. The average molecular weight is 356 g/mol. The van der Waals surface area contributed by atoms with Crippen molar-refractivity contribution < 1.29 is 24.2 Å². The van der Waals surface area contributed by atoms with Crippen LogP contribution in [0.2, 0.25) is 0 Å². The van der Waals surface area contributed by atoms with E-state index in [9.17, 15) is 14.7 Å². The number of hydrogen-bond donors (Lipinski definition) is 1. The third kappa shape index (κ3) is 3.08. The van der Waals surface area contributed by atoms with Gasteiger partial charge in [0.25, 0.3) is 5.91 Å². The van der Waals surface area contributed by atoms with Gasteiger partial charge in [-0.25, -0.2) is 4.79 Å². The zero-order valence-electron chi connectivity index (χ0n) is 14.9. The Kier molecular flexibility index (Phi) is 4.79. The Bertz CT molecular complexity index is 865. The van der Waals surface area contributed by atoms with E-state index in [1.54, 1.807) is 30.3 Å². The highest BCUT2D eigenvalue weighted by Crippen LogP contribution is 2.33. The van der Waals surface area contributed by atoms with E-state index in [1.165, 1.54) is 19.2 Å². The largest absolute Gasteiger partial charge is 0.508 e. The van der Waals surface area contributed by atoms with Crippen LogP contribution < -0.4 is 4.74 Å². The van der Waals surface area contributed by atoms with Gasteiger partial charge in [0.2, 0.25) is 0 Å². The van der Waals surface area contributed by atoms with Crippen LogP contribution in [0.25, 0.3) is 0 Å². The molecule has 1 amide bonds. The first-order valence-electron chi connectivity index (χ1n) is 8.21. The molecule has 1 aliphatic heterocycles. The van der Waals surface area contributed by atoms with Crippen molar-refractivity contribution in [3.8, 4) is 11.5 Å². The Labute approximate surface area is 151 Å². The SMILES string of the molecule is COC(=O)c1cc(O)c2c(c1)C(=O)N([C@@H](C)c1cc(OC)ccn1)CC2. The second-order valence-corrected chi connectivity index (χ2v) is 6.06. The van der Waals surface area contributed by atoms with E-state index in [4.69, 9.17) is 4.74 Å². The maximum absolute atomic E-state index is 13.0. The summed E-state index contributed by atoms with van der Waals surface area (Å²) in [5, 5.41) is 10.2. The van der Waals surface area contributed by atoms with Crippen molar-refractivity contribution in [3.05, 3.63) is 52.8 Å². The number of ether oxygens (including phenoxy) is 2. The molecule has 2 heterocycles. The summed E-state index contributed by atoms with van der Waals surface area (Å²) in [5.74, 6) is -0.264. The first-order chi connectivity index (χ1) is 12.5. The molecule has 7 nitrogen and oxygen atoms in total. The summed E-state index contributed by atoms with van der Waals surface area (Å²) in [7, 11) is 2.83. The second kappa shape index (κ2) is 7.03. The lowest BCUT2D eigenvalue weighted by atomic mass is 9.94. The van der Waals surface area contributed by atoms with E-state index in [2.05, 4.69) is 9.72 Å². The number of aromatic hydroxyl groups is 1. The van der Waals surface area contributed by atoms with Crippen LogP contribution in [0.5, 0.6) is 11.5 Å². The molecule has 0 aliphatic carbocycles. The zero-order chi connectivity index (χ0) is 18.8. The van der Waals surface area contributed by atoms with Gasteiger partial charge in [-0.1, -0.05) is 0 Å². The van der Waals surface area contributed by atoms with Gasteiger partial charge in [0.1, 0.15) is 11.5 Å². The number of phenols is 1. The molecule has 0 saturated carbocycles. The molecule has 2 aromatic rings. The molecule has 0 saturated heterocycles. The fraction of sp³-hybridized carbons (Fsp3) is 0.316. The predicted octanol–water partition coefficient (Wildman–Crippen LogP) is 2.34. The van der Waals surface area contributed by atoms with Gasteiger partial charge in [-0.05, 0) is 31.5 Å². The molecule has 0 bridgehead atoms. The number of pyridine rings is 1. The van der Waals surface area contributed by atoms with Crippen LogP contribution >= 0.6 is 0 Å². The number of esters is 1. The van der Waals surface area contributed by atoms with Crippen molar-refractivity contribution in [2.75, 3.05) is 20.8 Å². The van der Waals surface area contributed by atoms with Crippen molar-refractivity contribution in [1.82, 2.24) is 9.88 Å². The minimum atomic E-state index is -0.601. The van der Waals surface area contributed by atoms with E-state index < -0.39 is 5.97 Å². The van der Waals surface area contributed by atoms with E-state index in [-0.39, 0.29) is 23.3 Å². The lowest BCUT2D eigenvalue weighted by molar-refractivity contribution is 0.0600. The van der Waals surface area contributed by atoms with Crippen molar-refractivity contribution >= 4 is 11.9 Å². The van der Waals surface area contributed by atoms with Crippen LogP contribution in [0.4, 0.5) is 0 Å². The van der Waals surface area contributed by atoms with Crippen molar-refractivity contribution in [2.24, 2.45) is 0 Å². The highest BCUT2D eigenvalue weighted by atomic mass is 16.5. The van der Waals surface area contributed by atoms with Crippen LogP contribution in [-0.2, 0) is 11.2 Å². The van der Waals surface area contributed by atoms with Gasteiger partial charge >= 0.3 is 5.97 Å². The Morgan fingerprint density at radius 2 is 2.08 bits per heavy atom. The van der Waals surface area contributed by atoms with Crippen LogP contribution in [0.3, 0.4) is 0 Å². The smallest absolute Gasteiger partial charge is 0.338 e. The summed E-state index contributed by atoms with van der Waals surface area (Å²) in [6, 6.07) is 6.05. The topological polar surface area (TPSA) is 89.0 Å². The fourth-order valence-electron chi connectivity index (χ4n) is 3.15.